The van der Waals surface area contributed by atoms with Crippen LogP contribution in [0.25, 0.3) is 0 Å². The molecule has 1 aromatic carbocycles. The average Bonchev–Trinajstić information content (AvgIpc) is 2.57. The molecule has 0 aromatic heterocycles. The minimum atomic E-state index is -0.597. The maximum atomic E-state index is 12.0. The lowest BCUT2D eigenvalue weighted by atomic mass is 10.1. The van der Waals surface area contributed by atoms with Gasteiger partial charge in [0.05, 0.1) is 12.6 Å². The molecule has 0 unspecified atom stereocenters. The van der Waals surface area contributed by atoms with E-state index in [0.29, 0.717) is 12.6 Å². The van der Waals surface area contributed by atoms with E-state index in [1.165, 1.54) is 5.56 Å². The smallest absolute Gasteiger partial charge is 0.239 e. The van der Waals surface area contributed by atoms with Gasteiger partial charge in [-0.05, 0) is 37.9 Å². The second kappa shape index (κ2) is 13.8. The summed E-state index contributed by atoms with van der Waals surface area (Å²) in [5.74, 6) is -0.492. The number of nitrogens with one attached hydrogen (secondary N) is 2. The van der Waals surface area contributed by atoms with E-state index >= 15 is 0 Å². The van der Waals surface area contributed by atoms with Crippen molar-refractivity contribution < 1.29 is 9.59 Å². The fraction of sp³-hybridized carbons (Fsp3) is 0.579. The molecule has 6 nitrogen and oxygen atoms in total. The molecule has 2 amide bonds. The van der Waals surface area contributed by atoms with Crippen LogP contribution >= 0.6 is 24.8 Å². The van der Waals surface area contributed by atoms with Gasteiger partial charge in [-0.25, -0.2) is 0 Å². The summed E-state index contributed by atoms with van der Waals surface area (Å²) in [6.07, 6.45) is 0. The van der Waals surface area contributed by atoms with Crippen molar-refractivity contribution >= 4 is 36.6 Å². The zero-order chi connectivity index (χ0) is 19.0. The molecule has 0 aliphatic carbocycles. The van der Waals surface area contributed by atoms with Gasteiger partial charge in [-0.2, -0.15) is 0 Å². The number of nitrogens with two attached hydrogens (primary N) is 1. The Morgan fingerprint density at radius 3 is 2.11 bits per heavy atom. The third-order valence-corrected chi connectivity index (χ3v) is 4.34. The maximum Gasteiger partial charge on any atom is 0.239 e. The Morgan fingerprint density at radius 2 is 1.59 bits per heavy atom. The molecule has 1 rings (SSSR count). The molecule has 0 fully saturated rings. The minimum absolute atomic E-state index is 0. The van der Waals surface area contributed by atoms with Crippen molar-refractivity contribution in [1.82, 2.24) is 15.5 Å². The Kier molecular flexibility index (Phi) is 14.2. The fourth-order valence-electron chi connectivity index (χ4n) is 2.18. The number of nitrogens with zero attached hydrogens (tertiary/aromatic N) is 1. The lowest BCUT2D eigenvalue weighted by Crippen LogP contribution is -2.47. The van der Waals surface area contributed by atoms with Crippen molar-refractivity contribution in [2.75, 3.05) is 13.6 Å². The first kappa shape index (κ1) is 27.9. The number of carbonyl (C=O) groups is 2. The molecule has 156 valence electrons. The molecule has 0 aliphatic rings. The van der Waals surface area contributed by atoms with Gasteiger partial charge in [0.25, 0.3) is 0 Å². The van der Waals surface area contributed by atoms with Gasteiger partial charge in [0.1, 0.15) is 0 Å². The van der Waals surface area contributed by atoms with E-state index in [-0.39, 0.29) is 49.1 Å². The number of amides is 2. The third kappa shape index (κ3) is 9.96. The summed E-state index contributed by atoms with van der Waals surface area (Å²) in [4.78, 5) is 26.0. The highest BCUT2D eigenvalue weighted by Crippen LogP contribution is 2.12. The van der Waals surface area contributed by atoms with Gasteiger partial charge < -0.3 is 16.4 Å². The zero-order valence-corrected chi connectivity index (χ0v) is 18.5. The van der Waals surface area contributed by atoms with Crippen molar-refractivity contribution in [3.8, 4) is 0 Å². The van der Waals surface area contributed by atoms with E-state index in [1.807, 2.05) is 32.0 Å². The van der Waals surface area contributed by atoms with Gasteiger partial charge in [-0.1, -0.05) is 38.1 Å². The van der Waals surface area contributed by atoms with Crippen molar-refractivity contribution in [2.45, 2.75) is 52.9 Å². The molecule has 1 aromatic rings. The number of rotatable bonds is 9. The van der Waals surface area contributed by atoms with Crippen LogP contribution in [0.15, 0.2) is 24.3 Å². The van der Waals surface area contributed by atoms with Gasteiger partial charge in [-0.3, -0.25) is 14.5 Å². The summed E-state index contributed by atoms with van der Waals surface area (Å²) >= 11 is 0. The van der Waals surface area contributed by atoms with Crippen LogP contribution in [0.5, 0.6) is 0 Å². The molecule has 0 saturated heterocycles. The Labute approximate surface area is 175 Å². The normalized spacial score (nSPS) is 11.6. The summed E-state index contributed by atoms with van der Waals surface area (Å²) in [7, 11) is 2.08. The Bertz CT molecular complexity index is 583. The van der Waals surface area contributed by atoms with Crippen LogP contribution in [0.4, 0.5) is 0 Å². The summed E-state index contributed by atoms with van der Waals surface area (Å²) < 4.78 is 0. The van der Waals surface area contributed by atoms with Crippen molar-refractivity contribution in [2.24, 2.45) is 11.7 Å². The van der Waals surface area contributed by atoms with Crippen LogP contribution in [0, 0.1) is 5.92 Å². The zero-order valence-electron chi connectivity index (χ0n) is 16.8. The Balaban J connectivity index is 0. The van der Waals surface area contributed by atoms with Crippen LogP contribution in [0.2, 0.25) is 0 Å². The first-order chi connectivity index (χ1) is 11.7. The molecule has 27 heavy (non-hydrogen) atoms. The number of carbonyl (C=O) groups excluding carboxylic acids is 2. The molecule has 0 heterocycles. The fourth-order valence-corrected chi connectivity index (χ4v) is 2.18. The van der Waals surface area contributed by atoms with Crippen LogP contribution in [0.1, 0.15) is 38.8 Å². The van der Waals surface area contributed by atoms with E-state index in [0.717, 1.165) is 12.1 Å². The second-order valence-corrected chi connectivity index (χ2v) is 7.04. The van der Waals surface area contributed by atoms with Crippen LogP contribution in [-0.4, -0.2) is 42.4 Å². The number of hydrogen-bond acceptors (Lipinski definition) is 4. The topological polar surface area (TPSA) is 87.5 Å². The molecular weight excluding hydrogens is 387 g/mol. The van der Waals surface area contributed by atoms with E-state index < -0.39 is 6.04 Å². The second-order valence-electron chi connectivity index (χ2n) is 7.04. The summed E-state index contributed by atoms with van der Waals surface area (Å²) in [6.45, 7) is 9.23. The first-order valence-electron chi connectivity index (χ1n) is 8.79. The van der Waals surface area contributed by atoms with Crippen LogP contribution in [0.3, 0.4) is 0 Å². The van der Waals surface area contributed by atoms with Gasteiger partial charge in [0.2, 0.25) is 11.8 Å². The maximum absolute atomic E-state index is 12.0. The van der Waals surface area contributed by atoms with E-state index in [9.17, 15) is 9.59 Å². The van der Waals surface area contributed by atoms with Crippen molar-refractivity contribution in [1.29, 1.82) is 0 Å². The van der Waals surface area contributed by atoms with Gasteiger partial charge in [0, 0.05) is 19.1 Å². The molecule has 0 radical (unpaired) electrons. The number of benzene rings is 1. The molecule has 0 bridgehead atoms. The third-order valence-electron chi connectivity index (χ3n) is 4.34. The number of halogens is 2. The monoisotopic (exact) mass is 420 g/mol. The quantitative estimate of drug-likeness (QED) is 0.570. The SMILES string of the molecule is CC(C)[C@H](N)C(=O)NCC(=O)NCc1ccccc1CN(C)C(C)C.Cl.Cl. The minimum Gasteiger partial charge on any atom is -0.350 e. The highest BCUT2D eigenvalue weighted by Gasteiger charge is 2.17. The highest BCUT2D eigenvalue weighted by atomic mass is 35.5. The molecule has 8 heteroatoms. The molecule has 1 atom stereocenters. The predicted molar refractivity (Wildman–Crippen MR) is 115 cm³/mol. The highest BCUT2D eigenvalue weighted by molar-refractivity contribution is 5.87. The largest absolute Gasteiger partial charge is 0.350 e. The van der Waals surface area contributed by atoms with Gasteiger partial charge in [-0.15, -0.1) is 24.8 Å². The Morgan fingerprint density at radius 1 is 1.04 bits per heavy atom. The molecular formula is C19H34Cl2N4O2. The van der Waals surface area contributed by atoms with E-state index in [4.69, 9.17) is 5.73 Å². The standard InChI is InChI=1S/C19H32N4O2.2ClH/c1-13(2)18(20)19(25)22-11-17(24)21-10-15-8-6-7-9-16(15)12-23(5)14(3)4;;/h6-9,13-14,18H,10-12,20H2,1-5H3,(H,21,24)(H,22,25);2*1H/t18-;;/m0../s1. The average molecular weight is 421 g/mol. The van der Waals surface area contributed by atoms with Gasteiger partial charge in [0.15, 0.2) is 0 Å². The lowest BCUT2D eigenvalue weighted by molar-refractivity contribution is -0.127. The molecule has 0 spiro atoms. The predicted octanol–water partition coefficient (Wildman–Crippen LogP) is 2.09. The first-order valence-corrected chi connectivity index (χ1v) is 8.79. The van der Waals surface area contributed by atoms with Crippen LogP contribution in [-0.2, 0) is 22.7 Å². The van der Waals surface area contributed by atoms with E-state index in [1.54, 1.807) is 0 Å². The van der Waals surface area contributed by atoms with Crippen molar-refractivity contribution in [3.63, 3.8) is 0 Å². The number of hydrogen-bond donors (Lipinski definition) is 3. The summed E-state index contributed by atoms with van der Waals surface area (Å²) in [5.41, 5.74) is 8.02. The van der Waals surface area contributed by atoms with Gasteiger partial charge >= 0.3 is 0 Å². The van der Waals surface area contributed by atoms with E-state index in [2.05, 4.69) is 42.5 Å². The summed E-state index contributed by atoms with van der Waals surface area (Å²) in [6, 6.07) is 7.90. The van der Waals surface area contributed by atoms with Crippen LogP contribution < -0.4 is 16.4 Å². The van der Waals surface area contributed by atoms with Crippen molar-refractivity contribution in [3.05, 3.63) is 35.4 Å². The lowest BCUT2D eigenvalue weighted by Gasteiger charge is -2.22. The molecule has 0 saturated carbocycles. The molecule has 0 aliphatic heterocycles. The molecule has 4 N–H and O–H groups in total. The summed E-state index contributed by atoms with van der Waals surface area (Å²) in [5, 5.41) is 5.43. The Hall–Kier alpha value is -1.34.